The van der Waals surface area contributed by atoms with Crippen molar-refractivity contribution in [2.75, 3.05) is 0 Å². The molecule has 3 nitrogen and oxygen atoms in total. The van der Waals surface area contributed by atoms with E-state index in [-0.39, 0.29) is 10.5 Å². The average molecular weight is 225 g/mol. The molecule has 0 aliphatic rings. The number of rotatable bonds is 2. The van der Waals surface area contributed by atoms with Crippen LogP contribution in [0.4, 0.5) is 0 Å². The summed E-state index contributed by atoms with van der Waals surface area (Å²) in [5.41, 5.74) is 0.579. The molecule has 0 aromatic heterocycles. The van der Waals surface area contributed by atoms with Crippen LogP contribution in [-0.4, -0.2) is 20.3 Å². The number of hydrogen-bond acceptors (Lipinski definition) is 2. The van der Waals surface area contributed by atoms with Crippen LogP contribution in [0, 0.1) is 0 Å². The molecule has 0 saturated carbocycles. The van der Waals surface area contributed by atoms with Crippen molar-refractivity contribution < 1.29 is 9.32 Å². The second-order valence-corrected chi connectivity index (χ2v) is 6.09. The molecule has 1 aromatic rings. The standard InChI is InChI=1S/C11H15NO2S/c1-11(2,3)15(14)12-8-9-6-4-5-7-10(9)13/h4-8,13H,1-3H3/t15-/m0/s1. The summed E-state index contributed by atoms with van der Waals surface area (Å²) >= 11 is 0. The van der Waals surface area contributed by atoms with Crippen molar-refractivity contribution in [3.8, 4) is 5.75 Å². The molecule has 0 saturated heterocycles. The van der Waals surface area contributed by atoms with Crippen LogP contribution in [0.3, 0.4) is 0 Å². The molecule has 1 aromatic carbocycles. The van der Waals surface area contributed by atoms with E-state index < -0.39 is 11.0 Å². The first kappa shape index (κ1) is 11.9. The van der Waals surface area contributed by atoms with Gasteiger partial charge in [0.1, 0.15) is 16.7 Å². The lowest BCUT2D eigenvalue weighted by atomic mass is 10.2. The van der Waals surface area contributed by atoms with E-state index in [9.17, 15) is 9.32 Å². The van der Waals surface area contributed by atoms with E-state index in [4.69, 9.17) is 0 Å². The van der Waals surface area contributed by atoms with Gasteiger partial charge in [0.2, 0.25) is 0 Å². The maximum Gasteiger partial charge on any atom is 0.144 e. The van der Waals surface area contributed by atoms with Crippen LogP contribution in [0.25, 0.3) is 0 Å². The monoisotopic (exact) mass is 225 g/mol. The van der Waals surface area contributed by atoms with Crippen molar-refractivity contribution >= 4 is 17.2 Å². The molecule has 0 aliphatic heterocycles. The van der Waals surface area contributed by atoms with Gasteiger partial charge in [-0.2, -0.15) is 4.40 Å². The Morgan fingerprint density at radius 2 is 1.93 bits per heavy atom. The molecule has 0 radical (unpaired) electrons. The van der Waals surface area contributed by atoms with Gasteiger partial charge in [0.05, 0.1) is 4.75 Å². The SMILES string of the molecule is CC(C)(C)[S@](=O)N=Cc1ccccc1O. The lowest BCUT2D eigenvalue weighted by molar-refractivity contribution is 0.474. The minimum Gasteiger partial charge on any atom is -0.507 e. The zero-order chi connectivity index (χ0) is 11.5. The number of hydrogen-bond donors (Lipinski definition) is 1. The minimum absolute atomic E-state index is 0.146. The van der Waals surface area contributed by atoms with E-state index in [1.807, 2.05) is 20.8 Å². The summed E-state index contributed by atoms with van der Waals surface area (Å²) in [5.74, 6) is 0.146. The lowest BCUT2D eigenvalue weighted by Crippen LogP contribution is -2.19. The second-order valence-electron chi connectivity index (χ2n) is 4.15. The molecule has 0 unspecified atom stereocenters. The van der Waals surface area contributed by atoms with Crippen molar-refractivity contribution in [3.05, 3.63) is 29.8 Å². The van der Waals surface area contributed by atoms with Crippen molar-refractivity contribution in [3.63, 3.8) is 0 Å². The molecule has 0 spiro atoms. The van der Waals surface area contributed by atoms with Gasteiger partial charge in [-0.25, -0.2) is 4.21 Å². The quantitative estimate of drug-likeness (QED) is 0.785. The molecule has 0 aliphatic carbocycles. The second kappa shape index (κ2) is 4.57. The van der Waals surface area contributed by atoms with Crippen LogP contribution >= 0.6 is 0 Å². The molecule has 1 N–H and O–H groups in total. The zero-order valence-corrected chi connectivity index (χ0v) is 9.91. The third kappa shape index (κ3) is 3.47. The van der Waals surface area contributed by atoms with Gasteiger partial charge in [0.15, 0.2) is 0 Å². The largest absolute Gasteiger partial charge is 0.507 e. The highest BCUT2D eigenvalue weighted by Gasteiger charge is 2.18. The maximum atomic E-state index is 11.6. The van der Waals surface area contributed by atoms with Gasteiger partial charge in [0, 0.05) is 11.8 Å². The Hall–Kier alpha value is -1.16. The molecular weight excluding hydrogens is 210 g/mol. The van der Waals surface area contributed by atoms with Gasteiger partial charge in [-0.15, -0.1) is 0 Å². The predicted octanol–water partition coefficient (Wildman–Crippen LogP) is 2.27. The van der Waals surface area contributed by atoms with E-state index in [2.05, 4.69) is 4.40 Å². The van der Waals surface area contributed by atoms with Gasteiger partial charge in [-0.3, -0.25) is 0 Å². The minimum atomic E-state index is -1.29. The fourth-order valence-corrected chi connectivity index (χ4v) is 1.38. The van der Waals surface area contributed by atoms with E-state index >= 15 is 0 Å². The van der Waals surface area contributed by atoms with Crippen molar-refractivity contribution in [1.82, 2.24) is 0 Å². The van der Waals surface area contributed by atoms with Crippen LogP contribution in [-0.2, 0) is 11.0 Å². The van der Waals surface area contributed by atoms with Crippen molar-refractivity contribution in [2.24, 2.45) is 4.40 Å². The molecule has 82 valence electrons. The number of nitrogens with zero attached hydrogens (tertiary/aromatic N) is 1. The first-order valence-corrected chi connectivity index (χ1v) is 5.76. The molecule has 0 heterocycles. The third-order valence-corrected chi connectivity index (χ3v) is 3.09. The Balaban J connectivity index is 2.84. The molecule has 1 atom stereocenters. The Morgan fingerprint density at radius 1 is 1.33 bits per heavy atom. The fraction of sp³-hybridized carbons (Fsp3) is 0.364. The van der Waals surface area contributed by atoms with E-state index in [1.165, 1.54) is 6.21 Å². The summed E-state index contributed by atoms with van der Waals surface area (Å²) < 4.78 is 15.1. The van der Waals surface area contributed by atoms with Crippen LogP contribution in [0.1, 0.15) is 26.3 Å². The number of aromatic hydroxyl groups is 1. The highest BCUT2D eigenvalue weighted by atomic mass is 32.2. The Morgan fingerprint density at radius 3 is 2.47 bits per heavy atom. The van der Waals surface area contributed by atoms with Gasteiger partial charge in [0.25, 0.3) is 0 Å². The normalized spacial score (nSPS) is 14.3. The van der Waals surface area contributed by atoms with Gasteiger partial charge in [-0.1, -0.05) is 12.1 Å². The summed E-state index contributed by atoms with van der Waals surface area (Å²) in [5, 5.41) is 9.44. The summed E-state index contributed by atoms with van der Waals surface area (Å²) in [7, 11) is -1.29. The van der Waals surface area contributed by atoms with E-state index in [0.29, 0.717) is 5.56 Å². The Labute approximate surface area is 92.5 Å². The average Bonchev–Trinajstić information content (AvgIpc) is 2.14. The predicted molar refractivity (Wildman–Crippen MR) is 63.6 cm³/mol. The van der Waals surface area contributed by atoms with Crippen molar-refractivity contribution in [1.29, 1.82) is 0 Å². The number of benzene rings is 1. The van der Waals surface area contributed by atoms with Crippen molar-refractivity contribution in [2.45, 2.75) is 25.5 Å². The van der Waals surface area contributed by atoms with Crippen LogP contribution in [0.15, 0.2) is 28.7 Å². The highest BCUT2D eigenvalue weighted by molar-refractivity contribution is 7.85. The Kier molecular flexibility index (Phi) is 3.63. The van der Waals surface area contributed by atoms with E-state index in [0.717, 1.165) is 0 Å². The summed E-state index contributed by atoms with van der Waals surface area (Å²) in [6, 6.07) is 6.81. The number of para-hydroxylation sites is 1. The molecule has 0 fully saturated rings. The van der Waals surface area contributed by atoms with Crippen LogP contribution in [0.5, 0.6) is 5.75 Å². The van der Waals surface area contributed by atoms with Crippen LogP contribution < -0.4 is 0 Å². The molecular formula is C11H15NO2S. The number of phenols is 1. The van der Waals surface area contributed by atoms with Gasteiger partial charge >= 0.3 is 0 Å². The first-order valence-electron chi connectivity index (χ1n) is 4.65. The highest BCUT2D eigenvalue weighted by Crippen LogP contribution is 2.15. The smallest absolute Gasteiger partial charge is 0.144 e. The van der Waals surface area contributed by atoms with Crippen LogP contribution in [0.2, 0.25) is 0 Å². The van der Waals surface area contributed by atoms with Gasteiger partial charge < -0.3 is 5.11 Å². The maximum absolute atomic E-state index is 11.6. The molecule has 1 rings (SSSR count). The summed E-state index contributed by atoms with van der Waals surface area (Å²) in [6.45, 7) is 5.56. The number of phenolic OH excluding ortho intramolecular Hbond substituents is 1. The lowest BCUT2D eigenvalue weighted by Gasteiger charge is -2.12. The Bertz CT molecular complexity index is 394. The molecule has 0 bridgehead atoms. The third-order valence-electron chi connectivity index (χ3n) is 1.75. The molecule has 4 heteroatoms. The molecule has 15 heavy (non-hydrogen) atoms. The molecule has 0 amide bonds. The van der Waals surface area contributed by atoms with Gasteiger partial charge in [-0.05, 0) is 32.9 Å². The first-order chi connectivity index (χ1) is 6.91. The summed E-state index contributed by atoms with van der Waals surface area (Å²) in [6.07, 6.45) is 1.44. The zero-order valence-electron chi connectivity index (χ0n) is 9.10. The fourth-order valence-electron chi connectivity index (χ4n) is 0.859. The summed E-state index contributed by atoms with van der Waals surface area (Å²) in [4.78, 5) is 0. The van der Waals surface area contributed by atoms with E-state index in [1.54, 1.807) is 24.3 Å². The topological polar surface area (TPSA) is 49.7 Å².